The van der Waals surface area contributed by atoms with Crippen molar-refractivity contribution in [1.82, 2.24) is 4.98 Å². The number of thiazole rings is 1. The molecular weight excluding hydrogens is 290 g/mol. The molecule has 0 fully saturated rings. The monoisotopic (exact) mass is 309 g/mol. The molecule has 0 saturated heterocycles. The summed E-state index contributed by atoms with van der Waals surface area (Å²) in [6, 6.07) is 16.6. The fourth-order valence-electron chi connectivity index (χ4n) is 2.15. The smallest absolute Gasteiger partial charge is 0.204 e. The van der Waals surface area contributed by atoms with Gasteiger partial charge >= 0.3 is 0 Å². The maximum absolute atomic E-state index is 4.48. The highest BCUT2D eigenvalue weighted by atomic mass is 32.1. The molecule has 3 aromatic rings. The Morgan fingerprint density at radius 3 is 2.45 bits per heavy atom. The molecule has 0 aliphatic rings. The predicted octanol–water partition coefficient (Wildman–Crippen LogP) is 5.04. The summed E-state index contributed by atoms with van der Waals surface area (Å²) in [5.41, 5.74) is 6.57. The molecule has 0 aliphatic heterocycles. The van der Waals surface area contributed by atoms with Crippen molar-refractivity contribution < 1.29 is 0 Å². The quantitative estimate of drug-likeness (QED) is 0.543. The first-order chi connectivity index (χ1) is 10.5. The van der Waals surface area contributed by atoms with E-state index in [1.54, 1.807) is 11.3 Å². The average Bonchev–Trinajstić information content (AvgIpc) is 2.89. The maximum Gasteiger partial charge on any atom is 0.204 e. The van der Waals surface area contributed by atoms with Gasteiger partial charge in [-0.15, -0.1) is 0 Å². The van der Waals surface area contributed by atoms with Gasteiger partial charge in [0.25, 0.3) is 0 Å². The molecule has 0 saturated carbocycles. The zero-order chi connectivity index (χ0) is 15.6. The van der Waals surface area contributed by atoms with Crippen LogP contribution in [0.5, 0.6) is 0 Å². The Labute approximate surface area is 134 Å². The van der Waals surface area contributed by atoms with Crippen molar-refractivity contribution in [2.75, 3.05) is 5.43 Å². The Morgan fingerprint density at radius 1 is 1.05 bits per heavy atom. The SMILES string of the molecule is CC(C)(C)c1ccc(/C=N\Nc2nc3ccccc3s2)cc1. The van der Waals surface area contributed by atoms with Crippen molar-refractivity contribution in [3.05, 3.63) is 59.7 Å². The molecule has 3 nitrogen and oxygen atoms in total. The number of hydrogen-bond acceptors (Lipinski definition) is 4. The zero-order valence-corrected chi connectivity index (χ0v) is 13.8. The number of fused-ring (bicyclic) bond motifs is 1. The van der Waals surface area contributed by atoms with Gasteiger partial charge in [0.2, 0.25) is 5.13 Å². The third-order valence-electron chi connectivity index (χ3n) is 3.44. The number of rotatable bonds is 3. The molecule has 2 aromatic carbocycles. The molecule has 0 unspecified atom stereocenters. The van der Waals surface area contributed by atoms with E-state index in [1.165, 1.54) is 5.56 Å². The van der Waals surface area contributed by atoms with E-state index in [0.717, 1.165) is 20.9 Å². The normalized spacial score (nSPS) is 12.1. The second-order valence-electron chi connectivity index (χ2n) is 6.23. The molecule has 0 bridgehead atoms. The molecule has 0 amide bonds. The first kappa shape index (κ1) is 14.7. The fourth-order valence-corrected chi connectivity index (χ4v) is 2.97. The van der Waals surface area contributed by atoms with E-state index >= 15 is 0 Å². The minimum absolute atomic E-state index is 0.176. The molecule has 0 atom stereocenters. The summed E-state index contributed by atoms with van der Waals surface area (Å²) in [5.74, 6) is 0. The van der Waals surface area contributed by atoms with Crippen LogP contribution >= 0.6 is 11.3 Å². The van der Waals surface area contributed by atoms with E-state index in [-0.39, 0.29) is 5.41 Å². The highest BCUT2D eigenvalue weighted by molar-refractivity contribution is 7.22. The van der Waals surface area contributed by atoms with Crippen molar-refractivity contribution in [1.29, 1.82) is 0 Å². The van der Waals surface area contributed by atoms with Gasteiger partial charge in [0.05, 0.1) is 16.4 Å². The summed E-state index contributed by atoms with van der Waals surface area (Å²) in [4.78, 5) is 4.48. The van der Waals surface area contributed by atoms with Crippen molar-refractivity contribution in [2.24, 2.45) is 5.10 Å². The second-order valence-corrected chi connectivity index (χ2v) is 7.26. The lowest BCUT2D eigenvalue weighted by Gasteiger charge is -2.18. The highest BCUT2D eigenvalue weighted by Crippen LogP contribution is 2.25. The van der Waals surface area contributed by atoms with Crippen LogP contribution in [0.1, 0.15) is 31.9 Å². The molecule has 3 rings (SSSR count). The van der Waals surface area contributed by atoms with Crippen LogP contribution in [0.15, 0.2) is 53.6 Å². The molecule has 22 heavy (non-hydrogen) atoms. The lowest BCUT2D eigenvalue weighted by Crippen LogP contribution is -2.10. The van der Waals surface area contributed by atoms with E-state index in [1.807, 2.05) is 24.4 Å². The van der Waals surface area contributed by atoms with Crippen molar-refractivity contribution in [3.63, 3.8) is 0 Å². The summed E-state index contributed by atoms with van der Waals surface area (Å²) in [5, 5.41) is 5.08. The summed E-state index contributed by atoms with van der Waals surface area (Å²) < 4.78 is 1.16. The van der Waals surface area contributed by atoms with Crippen LogP contribution in [0.3, 0.4) is 0 Å². The third kappa shape index (κ3) is 3.34. The van der Waals surface area contributed by atoms with Gasteiger partial charge < -0.3 is 0 Å². The van der Waals surface area contributed by atoms with Crippen LogP contribution < -0.4 is 5.43 Å². The van der Waals surface area contributed by atoms with Gasteiger partial charge in [-0.25, -0.2) is 4.98 Å². The molecular formula is C18H19N3S. The molecule has 1 N–H and O–H groups in total. The number of anilines is 1. The van der Waals surface area contributed by atoms with Crippen LogP contribution in [0.2, 0.25) is 0 Å². The van der Waals surface area contributed by atoms with Crippen LogP contribution in [-0.2, 0) is 5.41 Å². The highest BCUT2D eigenvalue weighted by Gasteiger charge is 2.12. The molecule has 0 radical (unpaired) electrons. The van der Waals surface area contributed by atoms with Crippen LogP contribution in [-0.4, -0.2) is 11.2 Å². The van der Waals surface area contributed by atoms with E-state index in [2.05, 4.69) is 66.6 Å². The van der Waals surface area contributed by atoms with Gasteiger partial charge in [-0.1, -0.05) is 68.5 Å². The molecule has 1 aromatic heterocycles. The number of nitrogens with zero attached hydrogens (tertiary/aromatic N) is 2. The molecule has 4 heteroatoms. The number of hydrogen-bond donors (Lipinski definition) is 1. The van der Waals surface area contributed by atoms with Crippen LogP contribution in [0, 0.1) is 0 Å². The molecule has 1 heterocycles. The Kier molecular flexibility index (Phi) is 3.94. The maximum atomic E-state index is 4.48. The number of benzene rings is 2. The Bertz CT molecular complexity index is 762. The van der Waals surface area contributed by atoms with Gasteiger partial charge in [-0.3, -0.25) is 5.43 Å². The number of nitrogens with one attached hydrogen (secondary N) is 1. The first-order valence-electron chi connectivity index (χ1n) is 7.27. The second kappa shape index (κ2) is 5.89. The Morgan fingerprint density at radius 2 is 1.77 bits per heavy atom. The minimum Gasteiger partial charge on any atom is -0.253 e. The van der Waals surface area contributed by atoms with Crippen LogP contribution in [0.4, 0.5) is 5.13 Å². The van der Waals surface area contributed by atoms with Crippen LogP contribution in [0.25, 0.3) is 10.2 Å². The summed E-state index contributed by atoms with van der Waals surface area (Å²) >= 11 is 1.60. The van der Waals surface area contributed by atoms with Gasteiger partial charge in [0.1, 0.15) is 0 Å². The van der Waals surface area contributed by atoms with Gasteiger partial charge in [0, 0.05) is 0 Å². The number of hydrazone groups is 1. The number of aromatic nitrogens is 1. The molecule has 0 aliphatic carbocycles. The predicted molar refractivity (Wildman–Crippen MR) is 96.0 cm³/mol. The topological polar surface area (TPSA) is 37.3 Å². The van der Waals surface area contributed by atoms with Gasteiger partial charge in [-0.2, -0.15) is 5.10 Å². The van der Waals surface area contributed by atoms with Crippen molar-refractivity contribution >= 4 is 32.9 Å². The summed E-state index contributed by atoms with van der Waals surface area (Å²) in [6.07, 6.45) is 1.82. The van der Waals surface area contributed by atoms with Gasteiger partial charge in [0.15, 0.2) is 0 Å². The van der Waals surface area contributed by atoms with Crippen molar-refractivity contribution in [3.8, 4) is 0 Å². The first-order valence-corrected chi connectivity index (χ1v) is 8.09. The van der Waals surface area contributed by atoms with E-state index in [9.17, 15) is 0 Å². The largest absolute Gasteiger partial charge is 0.253 e. The van der Waals surface area contributed by atoms with Gasteiger partial charge in [-0.05, 0) is 28.7 Å². The third-order valence-corrected chi connectivity index (χ3v) is 4.39. The fraction of sp³-hybridized carbons (Fsp3) is 0.222. The Balaban J connectivity index is 1.69. The standard InChI is InChI=1S/C18H19N3S/c1-18(2,3)14-10-8-13(9-11-14)12-19-21-17-20-15-6-4-5-7-16(15)22-17/h4-12H,1-3H3,(H,20,21)/b19-12-. The lowest BCUT2D eigenvalue weighted by molar-refractivity contribution is 0.590. The average molecular weight is 309 g/mol. The summed E-state index contributed by atoms with van der Waals surface area (Å²) in [7, 11) is 0. The summed E-state index contributed by atoms with van der Waals surface area (Å²) in [6.45, 7) is 6.64. The van der Waals surface area contributed by atoms with Crippen molar-refractivity contribution in [2.45, 2.75) is 26.2 Å². The van der Waals surface area contributed by atoms with E-state index < -0.39 is 0 Å². The van der Waals surface area contributed by atoms with E-state index in [0.29, 0.717) is 0 Å². The Hall–Kier alpha value is -2.20. The lowest BCUT2D eigenvalue weighted by atomic mass is 9.87. The zero-order valence-electron chi connectivity index (χ0n) is 13.0. The number of para-hydroxylation sites is 1. The molecule has 112 valence electrons. The molecule has 0 spiro atoms. The van der Waals surface area contributed by atoms with E-state index in [4.69, 9.17) is 0 Å². The minimum atomic E-state index is 0.176.